The Bertz CT molecular complexity index is 462. The fourth-order valence-electron chi connectivity index (χ4n) is 2.92. The lowest BCUT2D eigenvalue weighted by atomic mass is 10.0. The Morgan fingerprint density at radius 2 is 2.20 bits per heavy atom. The summed E-state index contributed by atoms with van der Waals surface area (Å²) in [4.78, 5) is 16.4. The Balaban J connectivity index is 1.51. The van der Waals surface area contributed by atoms with Crippen molar-refractivity contribution in [2.75, 3.05) is 46.4 Å². The van der Waals surface area contributed by atoms with Crippen molar-refractivity contribution in [3.05, 3.63) is 23.7 Å². The predicted octanol–water partition coefficient (Wildman–Crippen LogP) is 0.156. The highest BCUT2D eigenvalue weighted by Gasteiger charge is 2.33. The summed E-state index contributed by atoms with van der Waals surface area (Å²) in [5.41, 5.74) is 0.913. The average Bonchev–Trinajstić information content (AvgIpc) is 2.90. The summed E-state index contributed by atoms with van der Waals surface area (Å²) in [5, 5.41) is 3.37. The lowest BCUT2D eigenvalue weighted by Gasteiger charge is -2.46. The first-order valence-electron chi connectivity index (χ1n) is 7.09. The first-order chi connectivity index (χ1) is 9.78. The second-order valence-corrected chi connectivity index (χ2v) is 5.40. The number of hydrogen-bond donors (Lipinski definition) is 1. The minimum atomic E-state index is -0.399. The summed E-state index contributed by atoms with van der Waals surface area (Å²) < 4.78 is 9.93. The van der Waals surface area contributed by atoms with E-state index >= 15 is 0 Å². The second-order valence-electron chi connectivity index (χ2n) is 5.40. The molecule has 20 heavy (non-hydrogen) atoms. The zero-order valence-corrected chi connectivity index (χ0v) is 11.8. The van der Waals surface area contributed by atoms with Crippen molar-refractivity contribution < 1.29 is 13.9 Å². The van der Waals surface area contributed by atoms with Crippen molar-refractivity contribution in [3.63, 3.8) is 0 Å². The van der Waals surface area contributed by atoms with Gasteiger partial charge in [0.05, 0.1) is 13.4 Å². The SMILES string of the molecule is COC(=O)c1occc1CN1CC(N2CCNCC2)C1. The Hall–Kier alpha value is -1.37. The fourth-order valence-corrected chi connectivity index (χ4v) is 2.92. The Labute approximate surface area is 118 Å². The molecule has 0 aromatic carbocycles. The maximum Gasteiger partial charge on any atom is 0.374 e. The van der Waals surface area contributed by atoms with Gasteiger partial charge in [0, 0.05) is 57.4 Å². The van der Waals surface area contributed by atoms with Gasteiger partial charge in [-0.1, -0.05) is 0 Å². The molecule has 0 aliphatic carbocycles. The molecule has 1 aromatic rings. The van der Waals surface area contributed by atoms with Gasteiger partial charge in [0.2, 0.25) is 5.76 Å². The van der Waals surface area contributed by atoms with Crippen LogP contribution >= 0.6 is 0 Å². The lowest BCUT2D eigenvalue weighted by Crippen LogP contribution is -2.62. The van der Waals surface area contributed by atoms with Crippen molar-refractivity contribution in [1.29, 1.82) is 0 Å². The molecule has 6 heteroatoms. The summed E-state index contributed by atoms with van der Waals surface area (Å²) in [6.45, 7) is 7.33. The molecule has 3 heterocycles. The molecule has 2 saturated heterocycles. The van der Waals surface area contributed by atoms with Crippen LogP contribution in [-0.4, -0.2) is 68.2 Å². The third-order valence-corrected chi connectivity index (χ3v) is 4.12. The molecule has 1 N–H and O–H groups in total. The van der Waals surface area contributed by atoms with Crippen molar-refractivity contribution in [2.24, 2.45) is 0 Å². The Morgan fingerprint density at radius 1 is 1.45 bits per heavy atom. The number of ether oxygens (including phenoxy) is 1. The number of hydrogen-bond acceptors (Lipinski definition) is 6. The zero-order chi connectivity index (χ0) is 13.9. The number of furan rings is 1. The maximum atomic E-state index is 11.5. The molecule has 1 aromatic heterocycles. The molecular formula is C14H21N3O3. The number of carbonyl (C=O) groups is 1. The Kier molecular flexibility index (Phi) is 4.05. The van der Waals surface area contributed by atoms with Crippen molar-refractivity contribution in [1.82, 2.24) is 15.1 Å². The molecule has 0 unspecified atom stereocenters. The van der Waals surface area contributed by atoms with Gasteiger partial charge in [0.15, 0.2) is 0 Å². The van der Waals surface area contributed by atoms with Crippen molar-refractivity contribution in [2.45, 2.75) is 12.6 Å². The standard InChI is InChI=1S/C14H21N3O3/c1-19-14(18)13-11(2-7-20-13)8-16-9-12(10-16)17-5-3-15-4-6-17/h2,7,12,15H,3-6,8-10H2,1H3. The normalized spacial score (nSPS) is 21.6. The van der Waals surface area contributed by atoms with Gasteiger partial charge in [0.25, 0.3) is 0 Å². The van der Waals surface area contributed by atoms with Crippen LogP contribution in [0.15, 0.2) is 16.7 Å². The van der Waals surface area contributed by atoms with E-state index in [4.69, 9.17) is 9.15 Å². The number of likely N-dealkylation sites (tertiary alicyclic amines) is 1. The minimum Gasteiger partial charge on any atom is -0.463 e. The number of carbonyl (C=O) groups excluding carboxylic acids is 1. The predicted molar refractivity (Wildman–Crippen MR) is 73.6 cm³/mol. The number of nitrogens with zero attached hydrogens (tertiary/aromatic N) is 2. The van der Waals surface area contributed by atoms with Crippen LogP contribution in [0.5, 0.6) is 0 Å². The summed E-state index contributed by atoms with van der Waals surface area (Å²) >= 11 is 0. The summed E-state index contributed by atoms with van der Waals surface area (Å²) in [5.74, 6) is -0.0673. The monoisotopic (exact) mass is 279 g/mol. The molecule has 2 fully saturated rings. The van der Waals surface area contributed by atoms with Gasteiger partial charge < -0.3 is 14.5 Å². The average molecular weight is 279 g/mol. The van der Waals surface area contributed by atoms with Crippen molar-refractivity contribution >= 4 is 5.97 Å². The molecule has 0 amide bonds. The second kappa shape index (κ2) is 5.95. The summed E-state index contributed by atoms with van der Waals surface area (Å²) in [7, 11) is 1.37. The van der Waals surface area contributed by atoms with Gasteiger partial charge in [-0.15, -0.1) is 0 Å². The van der Waals surface area contributed by atoms with E-state index in [0.29, 0.717) is 11.8 Å². The molecule has 2 aliphatic rings. The van der Waals surface area contributed by atoms with Crippen LogP contribution in [0.3, 0.4) is 0 Å². The fraction of sp³-hybridized carbons (Fsp3) is 0.643. The molecule has 0 bridgehead atoms. The van der Waals surface area contributed by atoms with E-state index < -0.39 is 5.97 Å². The van der Waals surface area contributed by atoms with E-state index in [1.165, 1.54) is 7.11 Å². The van der Waals surface area contributed by atoms with Crippen LogP contribution in [0, 0.1) is 0 Å². The molecule has 6 nitrogen and oxygen atoms in total. The smallest absolute Gasteiger partial charge is 0.374 e. The molecule has 3 rings (SSSR count). The number of esters is 1. The van der Waals surface area contributed by atoms with Crippen LogP contribution in [0.25, 0.3) is 0 Å². The molecule has 2 aliphatic heterocycles. The van der Waals surface area contributed by atoms with E-state index in [1.807, 2.05) is 6.07 Å². The van der Waals surface area contributed by atoms with E-state index in [0.717, 1.165) is 51.4 Å². The summed E-state index contributed by atoms with van der Waals surface area (Å²) in [6.07, 6.45) is 1.55. The number of rotatable bonds is 4. The number of piperazine rings is 1. The van der Waals surface area contributed by atoms with Gasteiger partial charge in [0.1, 0.15) is 0 Å². The highest BCUT2D eigenvalue weighted by Crippen LogP contribution is 2.21. The van der Waals surface area contributed by atoms with Gasteiger partial charge in [-0.25, -0.2) is 4.79 Å². The van der Waals surface area contributed by atoms with Crippen LogP contribution in [-0.2, 0) is 11.3 Å². The Morgan fingerprint density at radius 3 is 2.90 bits per heavy atom. The molecule has 110 valence electrons. The molecule has 0 saturated carbocycles. The third-order valence-electron chi connectivity index (χ3n) is 4.12. The zero-order valence-electron chi connectivity index (χ0n) is 11.8. The number of methoxy groups -OCH3 is 1. The first kappa shape index (κ1) is 13.6. The van der Waals surface area contributed by atoms with Gasteiger partial charge in [-0.05, 0) is 6.07 Å². The molecule has 0 spiro atoms. The maximum absolute atomic E-state index is 11.5. The lowest BCUT2D eigenvalue weighted by molar-refractivity contribution is 0.0216. The molecular weight excluding hydrogens is 258 g/mol. The van der Waals surface area contributed by atoms with Crippen LogP contribution < -0.4 is 5.32 Å². The highest BCUT2D eigenvalue weighted by molar-refractivity contribution is 5.87. The topological polar surface area (TPSA) is 58.0 Å². The van der Waals surface area contributed by atoms with E-state index in [2.05, 4.69) is 15.1 Å². The van der Waals surface area contributed by atoms with Crippen LogP contribution in [0.4, 0.5) is 0 Å². The summed E-state index contributed by atoms with van der Waals surface area (Å²) in [6, 6.07) is 2.51. The first-order valence-corrected chi connectivity index (χ1v) is 7.09. The largest absolute Gasteiger partial charge is 0.463 e. The minimum absolute atomic E-state index is 0.332. The van der Waals surface area contributed by atoms with Crippen LogP contribution in [0.1, 0.15) is 16.1 Å². The van der Waals surface area contributed by atoms with E-state index in [9.17, 15) is 4.79 Å². The molecule has 0 radical (unpaired) electrons. The van der Waals surface area contributed by atoms with Crippen LogP contribution in [0.2, 0.25) is 0 Å². The van der Waals surface area contributed by atoms with Crippen molar-refractivity contribution in [3.8, 4) is 0 Å². The number of nitrogens with one attached hydrogen (secondary N) is 1. The van der Waals surface area contributed by atoms with Gasteiger partial charge >= 0.3 is 5.97 Å². The molecule has 0 atom stereocenters. The van der Waals surface area contributed by atoms with E-state index in [-0.39, 0.29) is 0 Å². The quantitative estimate of drug-likeness (QED) is 0.792. The third kappa shape index (κ3) is 2.72. The highest BCUT2D eigenvalue weighted by atomic mass is 16.5. The van der Waals surface area contributed by atoms with Gasteiger partial charge in [-0.3, -0.25) is 9.80 Å². The van der Waals surface area contributed by atoms with E-state index in [1.54, 1.807) is 6.26 Å². The van der Waals surface area contributed by atoms with Gasteiger partial charge in [-0.2, -0.15) is 0 Å².